The molecule has 4 rings (SSSR count). The van der Waals surface area contributed by atoms with E-state index in [4.69, 9.17) is 19.2 Å². The van der Waals surface area contributed by atoms with Gasteiger partial charge in [0.2, 0.25) is 11.9 Å². The number of nitrogens with zero attached hydrogens (tertiary/aromatic N) is 3. The molecule has 0 radical (unpaired) electrons. The number of imidazole rings is 1. The van der Waals surface area contributed by atoms with Crippen LogP contribution >= 0.6 is 0 Å². The number of amides is 2. The van der Waals surface area contributed by atoms with Crippen LogP contribution in [-0.4, -0.2) is 60.2 Å². The number of benzene rings is 3. The van der Waals surface area contributed by atoms with Crippen LogP contribution in [0.2, 0.25) is 0 Å². The van der Waals surface area contributed by atoms with E-state index in [1.54, 1.807) is 50.2 Å². The summed E-state index contributed by atoms with van der Waals surface area (Å²) < 4.78 is 17.6. The van der Waals surface area contributed by atoms with Crippen molar-refractivity contribution in [1.82, 2.24) is 14.5 Å². The SMILES string of the molecule is COc1ccc(C(=O)N(CC(=O)Nc2nc(-c3cccc(OC)c3)cn2-c2ccc(OC)cc2)C(C)C)cc1. The first-order chi connectivity index (χ1) is 18.8. The topological polar surface area (TPSA) is 94.9 Å². The number of hydrogen-bond acceptors (Lipinski definition) is 6. The smallest absolute Gasteiger partial charge is 0.254 e. The highest BCUT2D eigenvalue weighted by atomic mass is 16.5. The van der Waals surface area contributed by atoms with E-state index < -0.39 is 0 Å². The lowest BCUT2D eigenvalue weighted by Crippen LogP contribution is -2.42. The first kappa shape index (κ1) is 27.3. The van der Waals surface area contributed by atoms with Crippen molar-refractivity contribution in [3.05, 3.63) is 84.6 Å². The Kier molecular flexibility index (Phi) is 8.50. The molecule has 0 aliphatic heterocycles. The number of rotatable bonds is 10. The van der Waals surface area contributed by atoms with Gasteiger partial charge in [0.05, 0.1) is 27.0 Å². The van der Waals surface area contributed by atoms with E-state index in [9.17, 15) is 9.59 Å². The van der Waals surface area contributed by atoms with Crippen molar-refractivity contribution in [2.75, 3.05) is 33.2 Å². The monoisotopic (exact) mass is 528 g/mol. The van der Waals surface area contributed by atoms with Gasteiger partial charge >= 0.3 is 0 Å². The largest absolute Gasteiger partial charge is 0.497 e. The summed E-state index contributed by atoms with van der Waals surface area (Å²) in [6.07, 6.45) is 1.84. The number of carbonyl (C=O) groups excluding carboxylic acids is 2. The van der Waals surface area contributed by atoms with Crippen molar-refractivity contribution >= 4 is 17.8 Å². The zero-order chi connectivity index (χ0) is 27.9. The molecule has 2 amide bonds. The quantitative estimate of drug-likeness (QED) is 0.309. The number of methoxy groups -OCH3 is 3. The molecule has 202 valence electrons. The Morgan fingerprint density at radius 2 is 1.49 bits per heavy atom. The normalized spacial score (nSPS) is 10.7. The van der Waals surface area contributed by atoms with Crippen molar-refractivity contribution in [3.8, 4) is 34.2 Å². The highest BCUT2D eigenvalue weighted by molar-refractivity contribution is 5.99. The highest BCUT2D eigenvalue weighted by Gasteiger charge is 2.23. The molecule has 1 N–H and O–H groups in total. The van der Waals surface area contributed by atoms with Gasteiger partial charge in [-0.05, 0) is 74.5 Å². The fourth-order valence-electron chi connectivity index (χ4n) is 4.04. The second-order valence-electron chi connectivity index (χ2n) is 9.05. The summed E-state index contributed by atoms with van der Waals surface area (Å²) in [7, 11) is 4.78. The lowest BCUT2D eigenvalue weighted by molar-refractivity contribution is -0.117. The van der Waals surface area contributed by atoms with Crippen molar-refractivity contribution in [1.29, 1.82) is 0 Å². The molecule has 1 heterocycles. The molecule has 0 unspecified atom stereocenters. The maximum Gasteiger partial charge on any atom is 0.254 e. The third-order valence-corrected chi connectivity index (χ3v) is 6.21. The Labute approximate surface area is 227 Å². The molecule has 0 spiro atoms. The van der Waals surface area contributed by atoms with Crippen molar-refractivity contribution < 1.29 is 23.8 Å². The standard InChI is InChI=1S/C30H32N4O5/c1-20(2)33(29(36)21-9-13-24(37-3)14-10-21)19-28(35)32-30-31-27(22-7-6-8-26(17-22)39-5)18-34(30)23-11-15-25(38-4)16-12-23/h6-18,20H,19H2,1-5H3,(H,31,32,35). The average Bonchev–Trinajstić information content (AvgIpc) is 3.39. The number of hydrogen-bond donors (Lipinski definition) is 1. The summed E-state index contributed by atoms with van der Waals surface area (Å²) in [6, 6.07) is 21.5. The summed E-state index contributed by atoms with van der Waals surface area (Å²) in [6.45, 7) is 3.59. The van der Waals surface area contributed by atoms with Crippen LogP contribution in [0, 0.1) is 0 Å². The molecule has 0 saturated carbocycles. The van der Waals surface area contributed by atoms with Gasteiger partial charge in [-0.3, -0.25) is 19.5 Å². The van der Waals surface area contributed by atoms with Gasteiger partial charge in [-0.2, -0.15) is 0 Å². The van der Waals surface area contributed by atoms with Crippen molar-refractivity contribution in [3.63, 3.8) is 0 Å². The Morgan fingerprint density at radius 3 is 2.08 bits per heavy atom. The lowest BCUT2D eigenvalue weighted by Gasteiger charge is -2.26. The molecule has 4 aromatic rings. The maximum atomic E-state index is 13.3. The molecule has 0 aliphatic rings. The molecule has 0 fully saturated rings. The summed E-state index contributed by atoms with van der Waals surface area (Å²) in [5, 5.41) is 2.90. The first-order valence-corrected chi connectivity index (χ1v) is 12.5. The number of carbonyl (C=O) groups is 2. The zero-order valence-electron chi connectivity index (χ0n) is 22.7. The fraction of sp³-hybridized carbons (Fsp3) is 0.233. The van der Waals surface area contributed by atoms with Gasteiger partial charge in [0, 0.05) is 29.1 Å². The van der Waals surface area contributed by atoms with Gasteiger partial charge in [-0.25, -0.2) is 4.98 Å². The molecule has 9 nitrogen and oxygen atoms in total. The molecular formula is C30H32N4O5. The van der Waals surface area contributed by atoms with E-state index >= 15 is 0 Å². The van der Waals surface area contributed by atoms with Crippen LogP contribution in [0.5, 0.6) is 17.2 Å². The third kappa shape index (κ3) is 6.38. The van der Waals surface area contributed by atoms with E-state index in [2.05, 4.69) is 5.32 Å². The van der Waals surface area contributed by atoms with Crippen molar-refractivity contribution in [2.45, 2.75) is 19.9 Å². The molecular weight excluding hydrogens is 496 g/mol. The molecule has 1 aromatic heterocycles. The van der Waals surface area contributed by atoms with Gasteiger partial charge in [-0.1, -0.05) is 12.1 Å². The number of nitrogens with one attached hydrogen (secondary N) is 1. The summed E-state index contributed by atoms with van der Waals surface area (Å²) >= 11 is 0. The van der Waals surface area contributed by atoms with E-state index in [1.807, 2.05) is 68.6 Å². The molecule has 0 bridgehead atoms. The summed E-state index contributed by atoms with van der Waals surface area (Å²) in [5.41, 5.74) is 2.73. The van der Waals surface area contributed by atoms with Crippen LogP contribution in [0.1, 0.15) is 24.2 Å². The molecule has 0 saturated heterocycles. The van der Waals surface area contributed by atoms with Gasteiger partial charge in [0.1, 0.15) is 23.8 Å². The third-order valence-electron chi connectivity index (χ3n) is 6.21. The van der Waals surface area contributed by atoms with Gasteiger partial charge in [0.25, 0.3) is 5.91 Å². The van der Waals surface area contributed by atoms with Gasteiger partial charge in [0.15, 0.2) is 0 Å². The van der Waals surface area contributed by atoms with Crippen LogP contribution in [0.25, 0.3) is 16.9 Å². The number of aromatic nitrogens is 2. The van der Waals surface area contributed by atoms with Crippen LogP contribution in [0.15, 0.2) is 79.0 Å². The van der Waals surface area contributed by atoms with E-state index in [-0.39, 0.29) is 24.4 Å². The summed E-state index contributed by atoms with van der Waals surface area (Å²) in [5.74, 6) is 1.76. The van der Waals surface area contributed by atoms with Crippen LogP contribution in [0.3, 0.4) is 0 Å². The lowest BCUT2D eigenvalue weighted by atomic mass is 10.1. The zero-order valence-corrected chi connectivity index (χ0v) is 22.7. The highest BCUT2D eigenvalue weighted by Crippen LogP contribution is 2.28. The molecule has 3 aromatic carbocycles. The fourth-order valence-corrected chi connectivity index (χ4v) is 4.04. The Bertz CT molecular complexity index is 1430. The second-order valence-corrected chi connectivity index (χ2v) is 9.05. The Balaban J connectivity index is 1.62. The maximum absolute atomic E-state index is 13.3. The van der Waals surface area contributed by atoms with Gasteiger partial charge < -0.3 is 19.1 Å². The minimum Gasteiger partial charge on any atom is -0.497 e. The molecule has 0 aliphatic carbocycles. The molecule has 39 heavy (non-hydrogen) atoms. The number of anilines is 1. The Hall–Kier alpha value is -4.79. The van der Waals surface area contributed by atoms with Crippen LogP contribution in [-0.2, 0) is 4.79 Å². The minimum atomic E-state index is -0.372. The van der Waals surface area contributed by atoms with Gasteiger partial charge in [-0.15, -0.1) is 0 Å². The Morgan fingerprint density at radius 1 is 0.872 bits per heavy atom. The van der Waals surface area contributed by atoms with Crippen LogP contribution in [0.4, 0.5) is 5.95 Å². The molecule has 9 heteroatoms. The average molecular weight is 529 g/mol. The van der Waals surface area contributed by atoms with E-state index in [0.717, 1.165) is 11.3 Å². The summed E-state index contributed by atoms with van der Waals surface area (Å²) in [4.78, 5) is 32.7. The van der Waals surface area contributed by atoms with E-state index in [0.29, 0.717) is 34.5 Å². The first-order valence-electron chi connectivity index (χ1n) is 12.5. The second kappa shape index (κ2) is 12.2. The van der Waals surface area contributed by atoms with Crippen LogP contribution < -0.4 is 19.5 Å². The number of ether oxygens (including phenoxy) is 3. The van der Waals surface area contributed by atoms with Crippen molar-refractivity contribution in [2.24, 2.45) is 0 Å². The minimum absolute atomic E-state index is 0.146. The molecule has 0 atom stereocenters. The predicted molar refractivity (Wildman–Crippen MR) is 150 cm³/mol. The van der Waals surface area contributed by atoms with E-state index in [1.165, 1.54) is 4.90 Å². The predicted octanol–water partition coefficient (Wildman–Crippen LogP) is 5.05.